The van der Waals surface area contributed by atoms with E-state index in [1.165, 1.54) is 26.4 Å². The molecule has 0 aliphatic heterocycles. The molecule has 194 valence electrons. The molecule has 0 radical (unpaired) electrons. The Morgan fingerprint density at radius 1 is 0.667 bits per heavy atom. The smallest absolute Gasteiger partial charge is 0.176 e. The second-order valence-corrected chi connectivity index (χ2v) is 7.35. The van der Waals surface area contributed by atoms with Crippen LogP contribution in [0.5, 0.6) is 28.7 Å². The van der Waals surface area contributed by atoms with Gasteiger partial charge in [-0.05, 0) is 36.4 Å². The SMILES string of the molecule is CCOCCOCCOCCOc1c(-c2ccc(OC)cc2O)nnnc1-c1ccc(OC)cc1O. The molecule has 1 aromatic heterocycles. The van der Waals surface area contributed by atoms with Crippen LogP contribution in [0.4, 0.5) is 0 Å². The Morgan fingerprint density at radius 2 is 1.14 bits per heavy atom. The molecule has 11 nitrogen and oxygen atoms in total. The Hall–Kier alpha value is -3.67. The van der Waals surface area contributed by atoms with Gasteiger partial charge in [-0.3, -0.25) is 0 Å². The Kier molecular flexibility index (Phi) is 10.5. The minimum Gasteiger partial charge on any atom is -0.507 e. The third-order valence-corrected chi connectivity index (χ3v) is 5.06. The van der Waals surface area contributed by atoms with Crippen LogP contribution in [0, 0.1) is 0 Å². The normalized spacial score (nSPS) is 10.9. The molecular formula is C25H31N3O8. The summed E-state index contributed by atoms with van der Waals surface area (Å²) < 4.78 is 32.6. The summed E-state index contributed by atoms with van der Waals surface area (Å²) in [7, 11) is 3.01. The lowest BCUT2D eigenvalue weighted by molar-refractivity contribution is 0.0114. The molecule has 0 saturated heterocycles. The molecule has 0 saturated carbocycles. The van der Waals surface area contributed by atoms with Crippen molar-refractivity contribution in [3.05, 3.63) is 36.4 Å². The van der Waals surface area contributed by atoms with Gasteiger partial charge in [-0.1, -0.05) is 0 Å². The van der Waals surface area contributed by atoms with Crippen LogP contribution in [0.25, 0.3) is 22.5 Å². The van der Waals surface area contributed by atoms with E-state index in [4.69, 9.17) is 28.4 Å². The van der Waals surface area contributed by atoms with Crippen LogP contribution in [0.3, 0.4) is 0 Å². The molecule has 0 unspecified atom stereocenters. The number of aromatic hydroxyl groups is 2. The Balaban J connectivity index is 1.80. The number of hydrogen-bond acceptors (Lipinski definition) is 11. The molecular weight excluding hydrogens is 470 g/mol. The number of hydrogen-bond donors (Lipinski definition) is 2. The highest BCUT2D eigenvalue weighted by atomic mass is 16.6. The van der Waals surface area contributed by atoms with Crippen LogP contribution >= 0.6 is 0 Å². The summed E-state index contributed by atoms with van der Waals surface area (Å²) in [4.78, 5) is 0. The van der Waals surface area contributed by atoms with Gasteiger partial charge >= 0.3 is 0 Å². The van der Waals surface area contributed by atoms with Crippen molar-refractivity contribution >= 4 is 0 Å². The second kappa shape index (κ2) is 14.0. The fraction of sp³-hybridized carbons (Fsp3) is 0.400. The van der Waals surface area contributed by atoms with Gasteiger partial charge in [-0.25, -0.2) is 0 Å². The van der Waals surface area contributed by atoms with Crippen molar-refractivity contribution in [3.63, 3.8) is 0 Å². The molecule has 0 bridgehead atoms. The van der Waals surface area contributed by atoms with Gasteiger partial charge in [0.2, 0.25) is 0 Å². The van der Waals surface area contributed by atoms with Crippen LogP contribution in [0.1, 0.15) is 6.92 Å². The van der Waals surface area contributed by atoms with Gasteiger partial charge in [0.1, 0.15) is 41.0 Å². The zero-order valence-electron chi connectivity index (χ0n) is 20.6. The zero-order valence-corrected chi connectivity index (χ0v) is 20.6. The Morgan fingerprint density at radius 3 is 1.58 bits per heavy atom. The molecule has 2 aromatic carbocycles. The van der Waals surface area contributed by atoms with Gasteiger partial charge in [0, 0.05) is 29.9 Å². The van der Waals surface area contributed by atoms with Gasteiger partial charge in [0.15, 0.2) is 5.75 Å². The first kappa shape index (κ1) is 26.9. The van der Waals surface area contributed by atoms with Crippen molar-refractivity contribution in [1.82, 2.24) is 15.4 Å². The lowest BCUT2D eigenvalue weighted by Crippen LogP contribution is -2.13. The summed E-state index contributed by atoms with van der Waals surface area (Å²) in [6, 6.07) is 9.55. The minimum atomic E-state index is -0.0787. The van der Waals surface area contributed by atoms with Crippen LogP contribution in [-0.4, -0.2) is 86.1 Å². The fourth-order valence-electron chi connectivity index (χ4n) is 3.27. The highest BCUT2D eigenvalue weighted by Gasteiger charge is 2.22. The molecule has 3 rings (SSSR count). The van der Waals surface area contributed by atoms with E-state index in [0.717, 1.165) is 0 Å². The average molecular weight is 502 g/mol. The van der Waals surface area contributed by atoms with Crippen molar-refractivity contribution in [2.24, 2.45) is 0 Å². The number of phenolic OH excluding ortho intramolecular Hbond substituents is 2. The number of nitrogens with zero attached hydrogens (tertiary/aromatic N) is 3. The van der Waals surface area contributed by atoms with Crippen molar-refractivity contribution in [3.8, 4) is 51.3 Å². The van der Waals surface area contributed by atoms with E-state index in [0.29, 0.717) is 55.7 Å². The summed E-state index contributed by atoms with van der Waals surface area (Å²) >= 11 is 0. The summed E-state index contributed by atoms with van der Waals surface area (Å²) in [5.41, 5.74) is 1.21. The topological polar surface area (TPSA) is 135 Å². The van der Waals surface area contributed by atoms with E-state index in [-0.39, 0.29) is 41.9 Å². The summed E-state index contributed by atoms with van der Waals surface area (Å²) in [6.45, 7) is 4.87. The third-order valence-electron chi connectivity index (χ3n) is 5.06. The van der Waals surface area contributed by atoms with Crippen LogP contribution < -0.4 is 14.2 Å². The number of benzene rings is 2. The first-order valence-electron chi connectivity index (χ1n) is 11.4. The van der Waals surface area contributed by atoms with Crippen LogP contribution in [-0.2, 0) is 14.2 Å². The van der Waals surface area contributed by atoms with Gasteiger partial charge in [-0.15, -0.1) is 10.2 Å². The van der Waals surface area contributed by atoms with Gasteiger partial charge in [0.25, 0.3) is 0 Å². The standard InChI is InChI=1S/C25H31N3O8/c1-4-33-9-10-34-11-12-35-13-14-36-25-23(19-7-5-17(31-2)15-21(19)29)26-28-27-24(25)20-8-6-18(32-3)16-22(20)30/h5-8,15-16,29-30H,4,9-14H2,1-3H3. The number of methoxy groups -OCH3 is 2. The molecule has 11 heteroatoms. The van der Waals surface area contributed by atoms with E-state index in [9.17, 15) is 10.2 Å². The first-order valence-corrected chi connectivity index (χ1v) is 11.4. The highest BCUT2D eigenvalue weighted by molar-refractivity contribution is 5.82. The number of aromatic nitrogens is 3. The minimum absolute atomic E-state index is 0.0787. The van der Waals surface area contributed by atoms with Crippen molar-refractivity contribution in [2.45, 2.75) is 6.92 Å². The monoisotopic (exact) mass is 501 g/mol. The van der Waals surface area contributed by atoms with E-state index in [2.05, 4.69) is 15.4 Å². The molecule has 2 N–H and O–H groups in total. The van der Waals surface area contributed by atoms with E-state index in [1.807, 2.05) is 6.92 Å². The van der Waals surface area contributed by atoms with Crippen molar-refractivity contribution < 1.29 is 38.6 Å². The average Bonchev–Trinajstić information content (AvgIpc) is 2.89. The maximum atomic E-state index is 10.6. The summed E-state index contributed by atoms with van der Waals surface area (Å²) in [5, 5.41) is 33.3. The lowest BCUT2D eigenvalue weighted by Gasteiger charge is -2.16. The van der Waals surface area contributed by atoms with Gasteiger partial charge in [-0.2, -0.15) is 0 Å². The Bertz CT molecular complexity index is 1040. The number of phenols is 2. The maximum absolute atomic E-state index is 10.6. The summed E-state index contributed by atoms with van der Waals surface area (Å²) in [5.74, 6) is 1.02. The number of rotatable bonds is 15. The predicted octanol–water partition coefficient (Wildman–Crippen LogP) is 3.08. The fourth-order valence-corrected chi connectivity index (χ4v) is 3.27. The molecule has 3 aromatic rings. The largest absolute Gasteiger partial charge is 0.507 e. The molecule has 0 spiro atoms. The third kappa shape index (κ3) is 7.17. The lowest BCUT2D eigenvalue weighted by atomic mass is 10.0. The molecule has 0 fully saturated rings. The Labute approximate surface area is 209 Å². The van der Waals surface area contributed by atoms with E-state index < -0.39 is 0 Å². The predicted molar refractivity (Wildman–Crippen MR) is 131 cm³/mol. The van der Waals surface area contributed by atoms with Crippen LogP contribution in [0.15, 0.2) is 36.4 Å². The highest BCUT2D eigenvalue weighted by Crippen LogP contribution is 2.42. The van der Waals surface area contributed by atoms with E-state index in [1.54, 1.807) is 24.3 Å². The maximum Gasteiger partial charge on any atom is 0.176 e. The molecule has 0 amide bonds. The molecule has 0 atom stereocenters. The molecule has 1 heterocycles. The molecule has 36 heavy (non-hydrogen) atoms. The van der Waals surface area contributed by atoms with Crippen LogP contribution in [0.2, 0.25) is 0 Å². The van der Waals surface area contributed by atoms with Gasteiger partial charge < -0.3 is 38.6 Å². The molecule has 0 aliphatic rings. The number of ether oxygens (including phenoxy) is 6. The second-order valence-electron chi connectivity index (χ2n) is 7.35. The summed E-state index contributed by atoms with van der Waals surface area (Å²) in [6.07, 6.45) is 0. The molecule has 0 aliphatic carbocycles. The van der Waals surface area contributed by atoms with Crippen molar-refractivity contribution in [2.75, 3.05) is 60.5 Å². The first-order chi connectivity index (χ1) is 17.6. The zero-order chi connectivity index (χ0) is 25.8. The van der Waals surface area contributed by atoms with Crippen molar-refractivity contribution in [1.29, 1.82) is 0 Å². The quantitative estimate of drug-likeness (QED) is 0.297. The van der Waals surface area contributed by atoms with Gasteiger partial charge in [0.05, 0.1) is 47.3 Å². The van der Waals surface area contributed by atoms with E-state index >= 15 is 0 Å².